The van der Waals surface area contributed by atoms with Crippen LogP contribution in [0.15, 0.2) is 36.4 Å². The van der Waals surface area contributed by atoms with E-state index < -0.39 is 0 Å². The van der Waals surface area contributed by atoms with E-state index in [4.69, 9.17) is 21.1 Å². The third kappa shape index (κ3) is 5.82. The van der Waals surface area contributed by atoms with E-state index in [2.05, 4.69) is 15.1 Å². The molecule has 2 aromatic rings. The number of methoxy groups -OCH3 is 2. The molecule has 1 aliphatic heterocycles. The number of anilines is 1. The van der Waals surface area contributed by atoms with Crippen LogP contribution in [0.5, 0.6) is 11.5 Å². The Labute approximate surface area is 175 Å². The van der Waals surface area contributed by atoms with Crippen LogP contribution in [0, 0.1) is 5.82 Å². The quantitative estimate of drug-likeness (QED) is 0.743. The van der Waals surface area contributed by atoms with Crippen LogP contribution in [-0.2, 0) is 11.3 Å². The van der Waals surface area contributed by atoms with Gasteiger partial charge in [0, 0.05) is 38.4 Å². The van der Waals surface area contributed by atoms with E-state index in [1.807, 2.05) is 6.07 Å². The smallest absolute Gasteiger partial charge is 0.238 e. The van der Waals surface area contributed by atoms with Gasteiger partial charge in [-0.25, -0.2) is 4.39 Å². The Hall–Kier alpha value is -2.35. The molecule has 0 unspecified atom stereocenters. The molecular weight excluding hydrogens is 397 g/mol. The van der Waals surface area contributed by atoms with Crippen LogP contribution in [0.4, 0.5) is 10.1 Å². The van der Waals surface area contributed by atoms with Gasteiger partial charge in [0.25, 0.3) is 0 Å². The molecule has 0 atom stereocenters. The van der Waals surface area contributed by atoms with Crippen LogP contribution in [0.25, 0.3) is 0 Å². The van der Waals surface area contributed by atoms with Crippen LogP contribution in [-0.4, -0.2) is 62.7 Å². The summed E-state index contributed by atoms with van der Waals surface area (Å²) in [7, 11) is 3.00. The third-order valence-corrected chi connectivity index (χ3v) is 5.19. The van der Waals surface area contributed by atoms with E-state index >= 15 is 0 Å². The Bertz CT molecular complexity index is 857. The number of hydrogen-bond donors (Lipinski definition) is 1. The Morgan fingerprint density at radius 2 is 1.69 bits per heavy atom. The van der Waals surface area contributed by atoms with E-state index in [-0.39, 0.29) is 17.5 Å². The van der Waals surface area contributed by atoms with Crippen molar-refractivity contribution in [2.24, 2.45) is 0 Å². The lowest BCUT2D eigenvalue weighted by molar-refractivity contribution is -0.117. The molecule has 8 heteroatoms. The summed E-state index contributed by atoms with van der Waals surface area (Å²) in [4.78, 5) is 16.7. The molecule has 0 spiro atoms. The second-order valence-electron chi connectivity index (χ2n) is 6.92. The maximum atomic E-state index is 13.8. The fraction of sp³-hybridized carbons (Fsp3) is 0.381. The van der Waals surface area contributed by atoms with Crippen molar-refractivity contribution in [2.75, 3.05) is 52.3 Å². The number of amides is 1. The van der Waals surface area contributed by atoms with Crippen molar-refractivity contribution in [3.8, 4) is 11.5 Å². The molecule has 2 aromatic carbocycles. The zero-order valence-electron chi connectivity index (χ0n) is 16.6. The predicted molar refractivity (Wildman–Crippen MR) is 111 cm³/mol. The number of nitrogens with zero attached hydrogens (tertiary/aromatic N) is 2. The molecule has 29 heavy (non-hydrogen) atoms. The summed E-state index contributed by atoms with van der Waals surface area (Å²) < 4.78 is 23.9. The molecule has 1 N–H and O–H groups in total. The van der Waals surface area contributed by atoms with Crippen LogP contribution < -0.4 is 14.8 Å². The van der Waals surface area contributed by atoms with Gasteiger partial charge in [-0.1, -0.05) is 17.7 Å². The summed E-state index contributed by atoms with van der Waals surface area (Å²) >= 11 is 6.09. The highest BCUT2D eigenvalue weighted by atomic mass is 35.5. The minimum absolute atomic E-state index is 0.0862. The minimum atomic E-state index is -0.348. The van der Waals surface area contributed by atoms with Crippen molar-refractivity contribution in [1.29, 1.82) is 0 Å². The molecule has 0 bridgehead atoms. The summed E-state index contributed by atoms with van der Waals surface area (Å²) in [6.45, 7) is 4.16. The van der Waals surface area contributed by atoms with Gasteiger partial charge in [-0.3, -0.25) is 14.6 Å². The number of carbonyl (C=O) groups is 1. The monoisotopic (exact) mass is 421 g/mol. The lowest BCUT2D eigenvalue weighted by Gasteiger charge is -2.34. The number of nitrogens with one attached hydrogen (secondary N) is 1. The highest BCUT2D eigenvalue weighted by Crippen LogP contribution is 2.27. The lowest BCUT2D eigenvalue weighted by atomic mass is 10.2. The van der Waals surface area contributed by atoms with Gasteiger partial charge in [-0.15, -0.1) is 0 Å². The average Bonchev–Trinajstić information content (AvgIpc) is 2.70. The lowest BCUT2D eigenvalue weighted by Crippen LogP contribution is -2.48. The number of hydrogen-bond acceptors (Lipinski definition) is 5. The Kier molecular flexibility index (Phi) is 7.30. The van der Waals surface area contributed by atoms with Gasteiger partial charge >= 0.3 is 0 Å². The minimum Gasteiger partial charge on any atom is -0.495 e. The van der Waals surface area contributed by atoms with E-state index in [0.29, 0.717) is 29.5 Å². The van der Waals surface area contributed by atoms with Crippen molar-refractivity contribution >= 4 is 23.2 Å². The van der Waals surface area contributed by atoms with Crippen LogP contribution >= 0.6 is 11.6 Å². The molecule has 0 radical (unpaired) electrons. The van der Waals surface area contributed by atoms with Gasteiger partial charge in [0.05, 0.1) is 25.8 Å². The number of piperazine rings is 1. The van der Waals surface area contributed by atoms with E-state index in [1.165, 1.54) is 13.2 Å². The van der Waals surface area contributed by atoms with Crippen molar-refractivity contribution in [1.82, 2.24) is 9.80 Å². The third-order valence-electron chi connectivity index (χ3n) is 4.89. The highest BCUT2D eigenvalue weighted by molar-refractivity contribution is 6.32. The van der Waals surface area contributed by atoms with Crippen molar-refractivity contribution in [3.63, 3.8) is 0 Å². The number of carbonyl (C=O) groups excluding carboxylic acids is 1. The van der Waals surface area contributed by atoms with Crippen molar-refractivity contribution < 1.29 is 18.7 Å². The Morgan fingerprint density at radius 3 is 2.31 bits per heavy atom. The fourth-order valence-electron chi connectivity index (χ4n) is 3.32. The first-order valence-corrected chi connectivity index (χ1v) is 9.77. The normalized spacial score (nSPS) is 15.2. The molecule has 0 aliphatic carbocycles. The van der Waals surface area contributed by atoms with E-state index in [1.54, 1.807) is 31.4 Å². The van der Waals surface area contributed by atoms with Crippen LogP contribution in [0.1, 0.15) is 5.56 Å². The molecule has 6 nitrogen and oxygen atoms in total. The van der Waals surface area contributed by atoms with E-state index in [0.717, 1.165) is 31.7 Å². The highest BCUT2D eigenvalue weighted by Gasteiger charge is 2.19. The zero-order chi connectivity index (χ0) is 20.8. The molecule has 0 saturated carbocycles. The van der Waals surface area contributed by atoms with E-state index in [9.17, 15) is 9.18 Å². The van der Waals surface area contributed by atoms with Crippen molar-refractivity contribution in [2.45, 2.75) is 6.54 Å². The second kappa shape index (κ2) is 9.91. The summed E-state index contributed by atoms with van der Waals surface area (Å²) in [5, 5.41) is 3.31. The average molecular weight is 422 g/mol. The van der Waals surface area contributed by atoms with Gasteiger partial charge < -0.3 is 14.8 Å². The Balaban J connectivity index is 1.45. The maximum absolute atomic E-state index is 13.8. The van der Waals surface area contributed by atoms with Gasteiger partial charge in [-0.2, -0.15) is 0 Å². The van der Waals surface area contributed by atoms with Gasteiger partial charge in [0.1, 0.15) is 5.75 Å². The summed E-state index contributed by atoms with van der Waals surface area (Å²) in [6.07, 6.45) is 0. The molecule has 3 rings (SSSR count). The molecular formula is C21H25ClFN3O3. The maximum Gasteiger partial charge on any atom is 0.238 e. The first-order valence-electron chi connectivity index (χ1n) is 9.39. The molecule has 1 saturated heterocycles. The van der Waals surface area contributed by atoms with Gasteiger partial charge in [-0.05, 0) is 35.9 Å². The number of benzene rings is 2. The second-order valence-corrected chi connectivity index (χ2v) is 7.33. The topological polar surface area (TPSA) is 54.0 Å². The molecule has 1 aliphatic rings. The largest absolute Gasteiger partial charge is 0.495 e. The fourth-order valence-corrected chi connectivity index (χ4v) is 3.58. The summed E-state index contributed by atoms with van der Waals surface area (Å²) in [5.41, 5.74) is 1.55. The molecule has 1 amide bonds. The van der Waals surface area contributed by atoms with Crippen LogP contribution in [0.3, 0.4) is 0 Å². The van der Waals surface area contributed by atoms with Gasteiger partial charge in [0.15, 0.2) is 11.6 Å². The van der Waals surface area contributed by atoms with Crippen LogP contribution in [0.2, 0.25) is 5.02 Å². The molecule has 1 heterocycles. The van der Waals surface area contributed by atoms with Gasteiger partial charge in [0.2, 0.25) is 5.91 Å². The molecule has 0 aromatic heterocycles. The molecule has 1 fully saturated rings. The Morgan fingerprint density at radius 1 is 1.03 bits per heavy atom. The molecule has 156 valence electrons. The summed E-state index contributed by atoms with van der Waals surface area (Å²) in [5.74, 6) is 0.385. The predicted octanol–water partition coefficient (Wildman–Crippen LogP) is 3.25. The van der Waals surface area contributed by atoms with Crippen molar-refractivity contribution in [3.05, 3.63) is 52.8 Å². The first kappa shape index (κ1) is 21.4. The first-order chi connectivity index (χ1) is 14.0. The number of rotatable bonds is 7. The standard InChI is InChI=1S/C21H25ClFN3O3/c1-28-19-6-4-16(12-17(19)22)24-21(27)14-26-9-7-25(8-10-26)13-15-3-5-20(29-2)18(23)11-15/h3-6,11-12H,7-10,13-14H2,1-2H3,(H,24,27). The number of halogens is 2. The SMILES string of the molecule is COc1ccc(CN2CCN(CC(=O)Nc3ccc(OC)c(Cl)c3)CC2)cc1F. The zero-order valence-corrected chi connectivity index (χ0v) is 17.3. The number of ether oxygens (including phenoxy) is 2. The summed E-state index contributed by atoms with van der Waals surface area (Å²) in [6, 6.07) is 10.2.